The van der Waals surface area contributed by atoms with E-state index in [-0.39, 0.29) is 4.90 Å². The highest BCUT2D eigenvalue weighted by molar-refractivity contribution is 9.09. The summed E-state index contributed by atoms with van der Waals surface area (Å²) < 4.78 is 40.6. The van der Waals surface area contributed by atoms with Crippen LogP contribution in [0.2, 0.25) is 0 Å². The Balaban J connectivity index is 3.14. The van der Waals surface area contributed by atoms with E-state index in [9.17, 15) is 12.8 Å². The molecule has 1 rings (SSSR count). The molecule has 1 atom stereocenters. The van der Waals surface area contributed by atoms with Crippen molar-refractivity contribution in [1.29, 1.82) is 0 Å². The fourth-order valence-electron chi connectivity index (χ4n) is 1.75. The first kappa shape index (κ1) is 16.6. The number of sulfonamides is 1. The molecular formula is C13H19BrFNO2S. The van der Waals surface area contributed by atoms with E-state index in [4.69, 9.17) is 0 Å². The Kier molecular flexibility index (Phi) is 5.53. The molecule has 0 fully saturated rings. The van der Waals surface area contributed by atoms with Crippen LogP contribution in [0.25, 0.3) is 0 Å². The lowest BCUT2D eigenvalue weighted by atomic mass is 9.98. The summed E-state index contributed by atoms with van der Waals surface area (Å²) in [5.74, 6) is -0.551. The zero-order valence-corrected chi connectivity index (χ0v) is 13.7. The Morgan fingerprint density at radius 1 is 1.42 bits per heavy atom. The molecule has 1 unspecified atom stereocenters. The SMILES string of the molecule is CCC(C)(CCBr)NS(=O)(=O)c1cc(F)ccc1C. The van der Waals surface area contributed by atoms with E-state index < -0.39 is 21.4 Å². The lowest BCUT2D eigenvalue weighted by molar-refractivity contribution is 0.392. The summed E-state index contributed by atoms with van der Waals surface area (Å²) in [7, 11) is -3.72. The first-order valence-electron chi connectivity index (χ1n) is 6.10. The summed E-state index contributed by atoms with van der Waals surface area (Å²) in [6.45, 7) is 5.42. The first-order valence-corrected chi connectivity index (χ1v) is 8.70. The van der Waals surface area contributed by atoms with Crippen molar-refractivity contribution in [2.75, 3.05) is 5.33 Å². The summed E-state index contributed by atoms with van der Waals surface area (Å²) in [5.41, 5.74) is -0.00707. The molecule has 3 nitrogen and oxygen atoms in total. The van der Waals surface area contributed by atoms with Crippen LogP contribution in [0.3, 0.4) is 0 Å². The van der Waals surface area contributed by atoms with Crippen LogP contribution in [-0.4, -0.2) is 19.3 Å². The second-order valence-corrected chi connectivity index (χ2v) is 7.31. The number of hydrogen-bond donors (Lipinski definition) is 1. The fourth-order valence-corrected chi connectivity index (χ4v) is 4.39. The average Bonchev–Trinajstić information content (AvgIpc) is 2.31. The van der Waals surface area contributed by atoms with Crippen LogP contribution in [0.5, 0.6) is 0 Å². The maximum absolute atomic E-state index is 13.2. The van der Waals surface area contributed by atoms with Crippen LogP contribution < -0.4 is 4.72 Å². The molecule has 0 spiro atoms. The number of nitrogens with one attached hydrogen (secondary N) is 1. The number of hydrogen-bond acceptors (Lipinski definition) is 2. The lowest BCUT2D eigenvalue weighted by Crippen LogP contribution is -2.45. The fraction of sp³-hybridized carbons (Fsp3) is 0.538. The predicted octanol–water partition coefficient (Wildman–Crippen LogP) is 3.37. The van der Waals surface area contributed by atoms with E-state index >= 15 is 0 Å². The smallest absolute Gasteiger partial charge is 0.207 e. The summed E-state index contributed by atoms with van der Waals surface area (Å²) >= 11 is 3.32. The summed E-state index contributed by atoms with van der Waals surface area (Å²) in [6, 6.07) is 3.78. The van der Waals surface area contributed by atoms with Gasteiger partial charge in [0.05, 0.1) is 4.90 Å². The van der Waals surface area contributed by atoms with Gasteiger partial charge in [-0.3, -0.25) is 0 Å². The molecule has 108 valence electrons. The molecule has 0 bridgehead atoms. The third-order valence-electron chi connectivity index (χ3n) is 3.25. The number of alkyl halides is 1. The largest absolute Gasteiger partial charge is 0.241 e. The topological polar surface area (TPSA) is 46.2 Å². The van der Waals surface area contributed by atoms with Gasteiger partial charge in [-0.2, -0.15) is 0 Å². The van der Waals surface area contributed by atoms with Crippen LogP contribution in [0, 0.1) is 12.7 Å². The highest BCUT2D eigenvalue weighted by atomic mass is 79.9. The van der Waals surface area contributed by atoms with Crippen molar-refractivity contribution < 1.29 is 12.8 Å². The normalized spacial score (nSPS) is 15.2. The maximum Gasteiger partial charge on any atom is 0.241 e. The molecule has 0 heterocycles. The van der Waals surface area contributed by atoms with Crippen molar-refractivity contribution >= 4 is 26.0 Å². The van der Waals surface area contributed by atoms with E-state index in [0.717, 1.165) is 6.07 Å². The monoisotopic (exact) mass is 351 g/mol. The van der Waals surface area contributed by atoms with Gasteiger partial charge in [-0.05, 0) is 44.4 Å². The minimum atomic E-state index is -3.72. The Hall–Kier alpha value is -0.460. The summed E-state index contributed by atoms with van der Waals surface area (Å²) in [6.07, 6.45) is 1.32. The van der Waals surface area contributed by atoms with Crippen LogP contribution in [0.4, 0.5) is 4.39 Å². The number of rotatable bonds is 6. The number of aryl methyl sites for hydroxylation is 1. The second kappa shape index (κ2) is 6.33. The van der Waals surface area contributed by atoms with E-state index in [2.05, 4.69) is 20.7 Å². The standard InChI is InChI=1S/C13H19BrFNO2S/c1-4-13(3,7-8-14)16-19(17,18)12-9-11(15)6-5-10(12)2/h5-6,9,16H,4,7-8H2,1-3H3. The Bertz CT molecular complexity index is 548. The van der Waals surface area contributed by atoms with Gasteiger partial charge < -0.3 is 0 Å². The summed E-state index contributed by atoms with van der Waals surface area (Å²) in [5, 5.41) is 0.696. The van der Waals surface area contributed by atoms with Gasteiger partial charge in [0.25, 0.3) is 0 Å². The quantitative estimate of drug-likeness (QED) is 0.798. The van der Waals surface area contributed by atoms with Gasteiger partial charge in [0, 0.05) is 10.9 Å². The third-order valence-corrected chi connectivity index (χ3v) is 5.42. The summed E-state index contributed by atoms with van der Waals surface area (Å²) in [4.78, 5) is 0.00162. The minimum absolute atomic E-state index is 0.00162. The number of benzene rings is 1. The van der Waals surface area contributed by atoms with E-state index in [1.165, 1.54) is 12.1 Å². The molecule has 0 aliphatic carbocycles. The molecule has 0 aliphatic rings. The molecule has 0 saturated carbocycles. The van der Waals surface area contributed by atoms with Gasteiger partial charge in [0.15, 0.2) is 0 Å². The molecule has 0 radical (unpaired) electrons. The Labute approximate surface area is 122 Å². The van der Waals surface area contributed by atoms with Crippen molar-refractivity contribution in [3.05, 3.63) is 29.6 Å². The van der Waals surface area contributed by atoms with Crippen LogP contribution in [0.15, 0.2) is 23.1 Å². The zero-order chi connectivity index (χ0) is 14.7. The molecule has 0 saturated heterocycles. The van der Waals surface area contributed by atoms with Crippen molar-refractivity contribution in [2.45, 2.75) is 44.0 Å². The minimum Gasteiger partial charge on any atom is -0.207 e. The highest BCUT2D eigenvalue weighted by Crippen LogP contribution is 2.22. The van der Waals surface area contributed by atoms with Crippen molar-refractivity contribution in [3.8, 4) is 0 Å². The molecule has 6 heteroatoms. The van der Waals surface area contributed by atoms with Crippen LogP contribution in [0.1, 0.15) is 32.3 Å². The highest BCUT2D eigenvalue weighted by Gasteiger charge is 2.29. The van der Waals surface area contributed by atoms with E-state index in [1.807, 2.05) is 13.8 Å². The van der Waals surface area contributed by atoms with Crippen molar-refractivity contribution in [2.24, 2.45) is 0 Å². The van der Waals surface area contributed by atoms with Crippen molar-refractivity contribution in [3.63, 3.8) is 0 Å². The van der Waals surface area contributed by atoms with Gasteiger partial charge in [-0.1, -0.05) is 28.9 Å². The third kappa shape index (κ3) is 4.26. The van der Waals surface area contributed by atoms with Gasteiger partial charge in [-0.25, -0.2) is 17.5 Å². The Morgan fingerprint density at radius 2 is 2.05 bits per heavy atom. The Morgan fingerprint density at radius 3 is 2.58 bits per heavy atom. The average molecular weight is 352 g/mol. The molecule has 19 heavy (non-hydrogen) atoms. The van der Waals surface area contributed by atoms with Gasteiger partial charge >= 0.3 is 0 Å². The molecule has 0 aliphatic heterocycles. The van der Waals surface area contributed by atoms with Gasteiger partial charge in [-0.15, -0.1) is 0 Å². The molecular weight excluding hydrogens is 333 g/mol. The van der Waals surface area contributed by atoms with Crippen LogP contribution >= 0.6 is 15.9 Å². The van der Waals surface area contributed by atoms with Gasteiger partial charge in [0.1, 0.15) is 5.82 Å². The van der Waals surface area contributed by atoms with Crippen molar-refractivity contribution in [1.82, 2.24) is 4.72 Å². The molecule has 0 amide bonds. The molecule has 1 N–H and O–H groups in total. The second-order valence-electron chi connectivity index (χ2n) is 4.87. The number of halogens is 2. The van der Waals surface area contributed by atoms with E-state index in [1.54, 1.807) is 6.92 Å². The lowest BCUT2D eigenvalue weighted by Gasteiger charge is -2.29. The molecule has 0 aromatic heterocycles. The van der Waals surface area contributed by atoms with Gasteiger partial charge in [0.2, 0.25) is 10.0 Å². The van der Waals surface area contributed by atoms with Crippen LogP contribution in [-0.2, 0) is 10.0 Å². The van der Waals surface area contributed by atoms with E-state index in [0.29, 0.717) is 23.7 Å². The molecule has 1 aromatic rings. The zero-order valence-electron chi connectivity index (χ0n) is 11.3. The predicted molar refractivity (Wildman–Crippen MR) is 78.6 cm³/mol. The maximum atomic E-state index is 13.2. The first-order chi connectivity index (χ1) is 8.74. The molecule has 1 aromatic carbocycles.